The number of aromatic nitrogens is 1. The number of nitrogens with zero attached hydrogens (tertiary/aromatic N) is 1. The number of fused-ring (bicyclic) bond motifs is 1. The van der Waals surface area contributed by atoms with Gasteiger partial charge in [0.1, 0.15) is 0 Å². The van der Waals surface area contributed by atoms with Crippen molar-refractivity contribution in [1.82, 2.24) is 9.88 Å². The van der Waals surface area contributed by atoms with Crippen molar-refractivity contribution >= 4 is 28.5 Å². The molecule has 25 heavy (non-hydrogen) atoms. The van der Waals surface area contributed by atoms with Crippen LogP contribution in [-0.2, 0) is 25.5 Å². The average Bonchev–Trinajstić information content (AvgIpc) is 3.03. The topological polar surface area (TPSA) is 83.7 Å². The number of carbonyl (C=O) groups excluding carboxylic acids is 2. The molecule has 3 rings (SSSR count). The van der Waals surface area contributed by atoms with E-state index in [-0.39, 0.29) is 6.61 Å². The molecule has 7 nitrogen and oxygen atoms in total. The van der Waals surface area contributed by atoms with E-state index in [0.29, 0.717) is 5.69 Å². The summed E-state index contributed by atoms with van der Waals surface area (Å²) in [6, 6.07) is 5.55. The summed E-state index contributed by atoms with van der Waals surface area (Å²) >= 11 is 0. The van der Waals surface area contributed by atoms with Crippen molar-refractivity contribution in [2.24, 2.45) is 0 Å². The standard InChI is InChI=1S/C18H23N3O4/c1-2-25-18(23)17(22)20-14-3-4-16-15(11-14)13(12-19-16)5-6-21-7-9-24-10-8-21/h3-4,11-12,19H,2,5-10H2,1H3,(H,20,22). The predicted octanol–water partition coefficient (Wildman–Crippen LogP) is 1.54. The number of anilines is 1. The highest BCUT2D eigenvalue weighted by Gasteiger charge is 2.16. The molecule has 0 spiro atoms. The molecular weight excluding hydrogens is 322 g/mol. The number of ether oxygens (including phenoxy) is 2. The lowest BCUT2D eigenvalue weighted by Gasteiger charge is -2.26. The molecule has 0 atom stereocenters. The van der Waals surface area contributed by atoms with Crippen LogP contribution in [0.2, 0.25) is 0 Å². The van der Waals surface area contributed by atoms with Crippen LogP contribution < -0.4 is 5.32 Å². The summed E-state index contributed by atoms with van der Waals surface area (Å²) in [5.41, 5.74) is 2.78. The number of esters is 1. The van der Waals surface area contributed by atoms with Crippen LogP contribution in [0.1, 0.15) is 12.5 Å². The van der Waals surface area contributed by atoms with E-state index < -0.39 is 11.9 Å². The van der Waals surface area contributed by atoms with Gasteiger partial charge in [0.25, 0.3) is 0 Å². The molecule has 0 unspecified atom stereocenters. The van der Waals surface area contributed by atoms with Gasteiger partial charge in [-0.2, -0.15) is 0 Å². The van der Waals surface area contributed by atoms with Gasteiger partial charge < -0.3 is 19.8 Å². The van der Waals surface area contributed by atoms with Crippen LogP contribution in [0.4, 0.5) is 5.69 Å². The van der Waals surface area contributed by atoms with Crippen molar-refractivity contribution in [2.45, 2.75) is 13.3 Å². The molecule has 1 aliphatic rings. The highest BCUT2D eigenvalue weighted by Crippen LogP contribution is 2.23. The second-order valence-corrected chi connectivity index (χ2v) is 5.95. The van der Waals surface area contributed by atoms with Crippen molar-refractivity contribution in [3.05, 3.63) is 30.0 Å². The molecule has 0 radical (unpaired) electrons. The second kappa shape index (κ2) is 8.13. The zero-order valence-electron chi connectivity index (χ0n) is 14.3. The fourth-order valence-electron chi connectivity index (χ4n) is 2.95. The van der Waals surface area contributed by atoms with E-state index in [2.05, 4.69) is 15.2 Å². The summed E-state index contributed by atoms with van der Waals surface area (Å²) < 4.78 is 10.1. The minimum Gasteiger partial charge on any atom is -0.459 e. The Bertz CT molecular complexity index is 750. The number of nitrogens with one attached hydrogen (secondary N) is 2. The van der Waals surface area contributed by atoms with Gasteiger partial charge in [0.2, 0.25) is 0 Å². The molecule has 2 heterocycles. The van der Waals surface area contributed by atoms with E-state index in [1.165, 1.54) is 5.56 Å². The van der Waals surface area contributed by atoms with Crippen LogP contribution >= 0.6 is 0 Å². The van der Waals surface area contributed by atoms with Crippen molar-refractivity contribution in [1.29, 1.82) is 0 Å². The van der Waals surface area contributed by atoms with Crippen LogP contribution in [0.5, 0.6) is 0 Å². The minimum absolute atomic E-state index is 0.175. The Balaban J connectivity index is 1.68. The summed E-state index contributed by atoms with van der Waals surface area (Å²) in [4.78, 5) is 28.9. The smallest absolute Gasteiger partial charge is 0.397 e. The molecule has 1 aromatic heterocycles. The fourth-order valence-corrected chi connectivity index (χ4v) is 2.95. The second-order valence-electron chi connectivity index (χ2n) is 5.95. The molecule has 7 heteroatoms. The number of hydrogen-bond acceptors (Lipinski definition) is 5. The molecule has 1 fully saturated rings. The van der Waals surface area contributed by atoms with E-state index in [4.69, 9.17) is 9.47 Å². The third-order valence-corrected chi connectivity index (χ3v) is 4.29. The summed E-state index contributed by atoms with van der Waals surface area (Å²) in [6.45, 7) is 6.31. The highest BCUT2D eigenvalue weighted by molar-refractivity contribution is 6.37. The Labute approximate surface area is 146 Å². The zero-order valence-corrected chi connectivity index (χ0v) is 14.3. The summed E-state index contributed by atoms with van der Waals surface area (Å²) in [6.07, 6.45) is 2.91. The third kappa shape index (κ3) is 4.37. The summed E-state index contributed by atoms with van der Waals surface area (Å²) in [5.74, 6) is -1.63. The van der Waals surface area contributed by atoms with Crippen molar-refractivity contribution < 1.29 is 19.1 Å². The van der Waals surface area contributed by atoms with Gasteiger partial charge in [-0.25, -0.2) is 4.79 Å². The molecule has 1 aromatic carbocycles. The number of aromatic amines is 1. The maximum Gasteiger partial charge on any atom is 0.397 e. The SMILES string of the molecule is CCOC(=O)C(=O)Nc1ccc2[nH]cc(CCN3CCOCC3)c2c1. The average molecular weight is 345 g/mol. The van der Waals surface area contributed by atoms with E-state index in [9.17, 15) is 9.59 Å². The van der Waals surface area contributed by atoms with E-state index in [0.717, 1.165) is 50.2 Å². The Morgan fingerprint density at radius 2 is 2.12 bits per heavy atom. The van der Waals surface area contributed by atoms with Gasteiger partial charge in [-0.15, -0.1) is 0 Å². The first-order chi connectivity index (χ1) is 12.2. The molecule has 134 valence electrons. The van der Waals surface area contributed by atoms with Crippen molar-refractivity contribution in [3.63, 3.8) is 0 Å². The quantitative estimate of drug-likeness (QED) is 0.634. The number of morpholine rings is 1. The Morgan fingerprint density at radius 3 is 2.88 bits per heavy atom. The summed E-state index contributed by atoms with van der Waals surface area (Å²) in [5, 5.41) is 3.64. The lowest BCUT2D eigenvalue weighted by atomic mass is 10.1. The lowest BCUT2D eigenvalue weighted by Crippen LogP contribution is -2.37. The van der Waals surface area contributed by atoms with Crippen LogP contribution in [0.3, 0.4) is 0 Å². The molecular formula is C18H23N3O4. The minimum atomic E-state index is -0.871. The van der Waals surface area contributed by atoms with Gasteiger partial charge in [0.05, 0.1) is 19.8 Å². The molecule has 1 saturated heterocycles. The number of hydrogen-bond donors (Lipinski definition) is 2. The largest absolute Gasteiger partial charge is 0.459 e. The lowest BCUT2D eigenvalue weighted by molar-refractivity contribution is -0.152. The van der Waals surface area contributed by atoms with Gasteiger partial charge in [-0.3, -0.25) is 9.69 Å². The predicted molar refractivity (Wildman–Crippen MR) is 94.5 cm³/mol. The Hall–Kier alpha value is -2.38. The normalized spacial score (nSPS) is 15.2. The molecule has 0 bridgehead atoms. The molecule has 0 saturated carbocycles. The first-order valence-corrected chi connectivity index (χ1v) is 8.55. The van der Waals surface area contributed by atoms with Gasteiger partial charge >= 0.3 is 11.9 Å². The van der Waals surface area contributed by atoms with E-state index >= 15 is 0 Å². The van der Waals surface area contributed by atoms with E-state index in [1.807, 2.05) is 18.3 Å². The molecule has 2 N–H and O–H groups in total. The van der Waals surface area contributed by atoms with Crippen molar-refractivity contribution in [2.75, 3.05) is 44.8 Å². The number of rotatable bonds is 5. The zero-order chi connectivity index (χ0) is 17.6. The first-order valence-electron chi connectivity index (χ1n) is 8.55. The van der Waals surface area contributed by atoms with Crippen LogP contribution in [0.25, 0.3) is 10.9 Å². The third-order valence-electron chi connectivity index (χ3n) is 4.29. The number of H-pyrrole nitrogens is 1. The number of carbonyl (C=O) groups is 2. The van der Waals surface area contributed by atoms with Crippen molar-refractivity contribution in [3.8, 4) is 0 Å². The number of amides is 1. The molecule has 2 aromatic rings. The fraction of sp³-hybridized carbons (Fsp3) is 0.444. The van der Waals surface area contributed by atoms with Gasteiger partial charge in [-0.1, -0.05) is 0 Å². The van der Waals surface area contributed by atoms with Crippen LogP contribution in [0.15, 0.2) is 24.4 Å². The Kier molecular flexibility index (Phi) is 5.67. The molecule has 0 aliphatic carbocycles. The van der Waals surface area contributed by atoms with E-state index in [1.54, 1.807) is 13.0 Å². The summed E-state index contributed by atoms with van der Waals surface area (Å²) in [7, 11) is 0. The maximum absolute atomic E-state index is 11.8. The molecule has 1 aliphatic heterocycles. The first kappa shape index (κ1) is 17.4. The van der Waals surface area contributed by atoms with Gasteiger partial charge in [-0.05, 0) is 37.1 Å². The van der Waals surface area contributed by atoms with Crippen LogP contribution in [0, 0.1) is 0 Å². The monoisotopic (exact) mass is 345 g/mol. The van der Waals surface area contributed by atoms with Crippen LogP contribution in [-0.4, -0.2) is 61.2 Å². The number of benzene rings is 1. The maximum atomic E-state index is 11.8. The highest BCUT2D eigenvalue weighted by atomic mass is 16.5. The Morgan fingerprint density at radius 1 is 1.32 bits per heavy atom. The van der Waals surface area contributed by atoms with Gasteiger partial charge in [0.15, 0.2) is 0 Å². The molecule has 1 amide bonds. The van der Waals surface area contributed by atoms with Gasteiger partial charge in [0, 0.05) is 42.4 Å².